The van der Waals surface area contributed by atoms with Crippen molar-refractivity contribution in [1.29, 1.82) is 5.26 Å². The fraction of sp³-hybridized carbons (Fsp3) is 0.364. The molecule has 4 heterocycles. The number of likely N-dealkylation sites (N-methyl/N-ethyl adjacent to an activating group) is 2. The minimum atomic E-state index is -0.393. The van der Waals surface area contributed by atoms with Crippen LogP contribution in [-0.4, -0.2) is 66.9 Å². The van der Waals surface area contributed by atoms with Crippen LogP contribution in [-0.2, 0) is 40.0 Å². The molecule has 12 heteroatoms. The normalized spacial score (nSPS) is 14.8. The van der Waals surface area contributed by atoms with E-state index in [1.165, 1.54) is 0 Å². The van der Waals surface area contributed by atoms with Crippen LogP contribution in [0.5, 0.6) is 0 Å². The quantitative estimate of drug-likeness (QED) is 0.307. The van der Waals surface area contributed by atoms with E-state index in [0.29, 0.717) is 47.2 Å². The molecule has 0 saturated heterocycles. The minimum Gasteiger partial charge on any atom is -0.327 e. The first-order chi connectivity index (χ1) is 21.7. The zero-order valence-corrected chi connectivity index (χ0v) is 26.7. The van der Waals surface area contributed by atoms with E-state index < -0.39 is 5.91 Å². The average Bonchev–Trinajstić information content (AvgIpc) is 3.57. The molecule has 6 rings (SSSR count). The molecule has 0 atom stereocenters. The van der Waals surface area contributed by atoms with Gasteiger partial charge in [-0.25, -0.2) is 9.97 Å². The topological polar surface area (TPSA) is 124 Å². The number of amides is 2. The Morgan fingerprint density at radius 2 is 1.31 bits per heavy atom. The summed E-state index contributed by atoms with van der Waals surface area (Å²) in [4.78, 5) is 40.7. The number of fused-ring (bicyclic) bond motifs is 2. The molecule has 2 aromatic carbocycles. The monoisotopic (exact) mass is 625 g/mol. The maximum Gasteiger partial charge on any atom is 0.291 e. The molecule has 2 amide bonds. The molecular weight excluding hydrogens is 590 g/mol. The SMILES string of the molecule is CCN1CCc2c(nc(C(=O)Nc3cccc(-c4cccc(NC(=O)c5nc6c(n5C)CCN(CC)C6)c4C#N)c3Cl)n2C)C1. The van der Waals surface area contributed by atoms with Crippen LogP contribution in [0.25, 0.3) is 11.1 Å². The molecular formula is C33H36ClN9O2. The van der Waals surface area contributed by atoms with E-state index in [1.807, 2.05) is 23.2 Å². The van der Waals surface area contributed by atoms with E-state index in [1.54, 1.807) is 36.4 Å². The Labute approximate surface area is 267 Å². The number of hydrogen-bond donors (Lipinski definition) is 2. The fourth-order valence-corrected chi connectivity index (χ4v) is 6.58. The molecule has 0 radical (unpaired) electrons. The molecule has 0 fully saturated rings. The molecule has 0 saturated carbocycles. The van der Waals surface area contributed by atoms with Gasteiger partial charge in [-0.1, -0.05) is 49.7 Å². The maximum atomic E-state index is 13.4. The summed E-state index contributed by atoms with van der Waals surface area (Å²) >= 11 is 6.88. The van der Waals surface area contributed by atoms with Crippen LogP contribution in [0.4, 0.5) is 11.4 Å². The lowest BCUT2D eigenvalue weighted by Gasteiger charge is -2.24. The maximum absolute atomic E-state index is 13.4. The Hall–Kier alpha value is -4.50. The Kier molecular flexibility index (Phi) is 8.46. The van der Waals surface area contributed by atoms with Crippen LogP contribution in [0, 0.1) is 11.3 Å². The third kappa shape index (κ3) is 5.61. The van der Waals surface area contributed by atoms with E-state index in [-0.39, 0.29) is 16.5 Å². The summed E-state index contributed by atoms with van der Waals surface area (Å²) in [7, 11) is 3.71. The van der Waals surface area contributed by atoms with Gasteiger partial charge in [-0.05, 0) is 25.2 Å². The number of nitriles is 1. The molecule has 0 aliphatic carbocycles. The number of benzene rings is 2. The standard InChI is InChI=1S/C33H36ClN9O2/c1-5-42-15-13-27-25(18-42)36-30(40(27)3)32(44)38-23-11-7-9-20(22(23)17-35)21-10-8-12-24(29(21)34)39-33(45)31-37-26-19-43(6-2)16-14-28(26)41(31)4/h7-12H,5-6,13-16,18-19H2,1-4H3,(H,38,44)(H,39,45). The first-order valence-electron chi connectivity index (χ1n) is 15.2. The van der Waals surface area contributed by atoms with Crippen LogP contribution in [0.3, 0.4) is 0 Å². The number of halogens is 1. The van der Waals surface area contributed by atoms with Crippen LogP contribution < -0.4 is 10.6 Å². The van der Waals surface area contributed by atoms with Crippen molar-refractivity contribution in [2.75, 3.05) is 36.8 Å². The molecule has 11 nitrogen and oxygen atoms in total. The zero-order chi connectivity index (χ0) is 31.8. The minimum absolute atomic E-state index is 0.254. The summed E-state index contributed by atoms with van der Waals surface area (Å²) < 4.78 is 3.70. The van der Waals surface area contributed by atoms with Crippen molar-refractivity contribution >= 4 is 34.8 Å². The van der Waals surface area contributed by atoms with Gasteiger partial charge in [-0.2, -0.15) is 5.26 Å². The third-order valence-electron chi connectivity index (χ3n) is 8.93. The van der Waals surface area contributed by atoms with E-state index in [9.17, 15) is 14.9 Å². The number of anilines is 2. The Morgan fingerprint density at radius 3 is 1.82 bits per heavy atom. The smallest absolute Gasteiger partial charge is 0.291 e. The predicted octanol–water partition coefficient (Wildman–Crippen LogP) is 4.61. The molecule has 0 bridgehead atoms. The molecule has 232 valence electrons. The number of rotatable bonds is 7. The number of hydrogen-bond acceptors (Lipinski definition) is 7. The van der Waals surface area contributed by atoms with Crippen molar-refractivity contribution in [3.63, 3.8) is 0 Å². The first-order valence-corrected chi connectivity index (χ1v) is 15.6. The van der Waals surface area contributed by atoms with Crippen molar-refractivity contribution < 1.29 is 9.59 Å². The van der Waals surface area contributed by atoms with Gasteiger partial charge in [0, 0.05) is 75.6 Å². The van der Waals surface area contributed by atoms with Crippen LogP contribution in [0.15, 0.2) is 36.4 Å². The van der Waals surface area contributed by atoms with E-state index >= 15 is 0 Å². The Morgan fingerprint density at radius 1 is 0.822 bits per heavy atom. The van der Waals surface area contributed by atoms with E-state index in [4.69, 9.17) is 11.6 Å². The molecule has 2 aromatic heterocycles. The number of imidazole rings is 2. The summed E-state index contributed by atoms with van der Waals surface area (Å²) in [6.07, 6.45) is 1.66. The van der Waals surface area contributed by atoms with Crippen molar-refractivity contribution in [1.82, 2.24) is 28.9 Å². The summed E-state index contributed by atoms with van der Waals surface area (Å²) in [5.41, 5.74) is 6.02. The van der Waals surface area contributed by atoms with Crippen molar-refractivity contribution in [2.45, 2.75) is 39.8 Å². The summed E-state index contributed by atoms with van der Waals surface area (Å²) in [5.74, 6) is -0.139. The van der Waals surface area contributed by atoms with E-state index in [2.05, 4.69) is 50.3 Å². The molecule has 4 aromatic rings. The van der Waals surface area contributed by atoms with Crippen molar-refractivity contribution in [3.8, 4) is 17.2 Å². The van der Waals surface area contributed by atoms with Gasteiger partial charge in [0.15, 0.2) is 11.6 Å². The van der Waals surface area contributed by atoms with Crippen LogP contribution in [0.2, 0.25) is 5.02 Å². The van der Waals surface area contributed by atoms with Crippen LogP contribution >= 0.6 is 11.6 Å². The predicted molar refractivity (Wildman–Crippen MR) is 173 cm³/mol. The molecule has 2 aliphatic heterocycles. The lowest BCUT2D eigenvalue weighted by molar-refractivity contribution is 0.100. The molecule has 2 aliphatic rings. The van der Waals surface area contributed by atoms with Gasteiger partial charge in [-0.15, -0.1) is 0 Å². The number of nitrogens with zero attached hydrogens (tertiary/aromatic N) is 7. The van der Waals surface area contributed by atoms with Gasteiger partial charge in [0.05, 0.1) is 33.3 Å². The summed E-state index contributed by atoms with van der Waals surface area (Å²) in [6, 6.07) is 12.7. The van der Waals surface area contributed by atoms with Gasteiger partial charge in [-0.3, -0.25) is 19.4 Å². The summed E-state index contributed by atoms with van der Waals surface area (Å²) in [5, 5.41) is 16.3. The molecule has 2 N–H and O–H groups in total. The average molecular weight is 626 g/mol. The highest BCUT2D eigenvalue weighted by Gasteiger charge is 2.27. The van der Waals surface area contributed by atoms with Crippen molar-refractivity contribution in [3.05, 3.63) is 81.4 Å². The Balaban J connectivity index is 1.26. The molecule has 45 heavy (non-hydrogen) atoms. The number of aromatic nitrogens is 4. The van der Waals surface area contributed by atoms with Gasteiger partial charge in [0.2, 0.25) is 0 Å². The number of nitrogens with one attached hydrogen (secondary N) is 2. The molecule has 0 spiro atoms. The highest BCUT2D eigenvalue weighted by Crippen LogP contribution is 2.38. The zero-order valence-electron chi connectivity index (χ0n) is 25.9. The Bertz CT molecular complexity index is 1850. The second-order valence-electron chi connectivity index (χ2n) is 11.4. The summed E-state index contributed by atoms with van der Waals surface area (Å²) in [6.45, 7) is 9.35. The van der Waals surface area contributed by atoms with Gasteiger partial charge >= 0.3 is 0 Å². The van der Waals surface area contributed by atoms with Gasteiger partial charge < -0.3 is 19.8 Å². The lowest BCUT2D eigenvalue weighted by atomic mass is 9.98. The number of carbonyl (C=O) groups excluding carboxylic acids is 2. The van der Waals surface area contributed by atoms with Gasteiger partial charge in [0.1, 0.15) is 6.07 Å². The van der Waals surface area contributed by atoms with E-state index in [0.717, 1.165) is 61.8 Å². The number of carbonyl (C=O) groups is 2. The lowest BCUT2D eigenvalue weighted by Crippen LogP contribution is -2.30. The highest BCUT2D eigenvalue weighted by molar-refractivity contribution is 6.36. The first kappa shape index (κ1) is 30.5. The van der Waals surface area contributed by atoms with Gasteiger partial charge in [0.25, 0.3) is 11.8 Å². The second-order valence-corrected chi connectivity index (χ2v) is 11.8. The second kappa shape index (κ2) is 12.5. The van der Waals surface area contributed by atoms with Crippen LogP contribution in [0.1, 0.15) is 63.4 Å². The third-order valence-corrected chi connectivity index (χ3v) is 9.34. The fourth-order valence-electron chi connectivity index (χ4n) is 6.30. The highest BCUT2D eigenvalue weighted by atomic mass is 35.5. The van der Waals surface area contributed by atoms with Crippen molar-refractivity contribution in [2.24, 2.45) is 14.1 Å². The molecule has 0 unspecified atom stereocenters. The largest absolute Gasteiger partial charge is 0.327 e.